The van der Waals surface area contributed by atoms with Crippen LogP contribution in [0.3, 0.4) is 0 Å². The maximum absolute atomic E-state index is 13.4. The number of hydrogen-bond acceptors (Lipinski definition) is 7. The predicted molar refractivity (Wildman–Crippen MR) is 140 cm³/mol. The van der Waals surface area contributed by atoms with Gasteiger partial charge < -0.3 is 14.5 Å². The molecule has 0 N–H and O–H groups in total. The maximum atomic E-state index is 13.4. The smallest absolute Gasteiger partial charge is 0.410 e. The zero-order valence-electron chi connectivity index (χ0n) is 21.6. The molecule has 1 fully saturated rings. The molecule has 1 amide bonds. The lowest BCUT2D eigenvalue weighted by molar-refractivity contribution is 0.0197. The highest BCUT2D eigenvalue weighted by molar-refractivity contribution is 7.90. The third-order valence-corrected chi connectivity index (χ3v) is 7.91. The summed E-state index contributed by atoms with van der Waals surface area (Å²) in [5.74, 6) is 0.677. The average molecular weight is 514 g/mol. The van der Waals surface area contributed by atoms with Crippen molar-refractivity contribution in [2.24, 2.45) is 0 Å². The van der Waals surface area contributed by atoms with Gasteiger partial charge in [0.25, 0.3) is 10.0 Å². The number of piperidine rings is 1. The van der Waals surface area contributed by atoms with Crippen molar-refractivity contribution in [1.82, 2.24) is 18.8 Å². The molecule has 1 saturated heterocycles. The van der Waals surface area contributed by atoms with Crippen molar-refractivity contribution < 1.29 is 17.9 Å². The fraction of sp³-hybridized carbons (Fsp3) is 0.500. The third-order valence-electron chi connectivity index (χ3n) is 6.23. The summed E-state index contributed by atoms with van der Waals surface area (Å²) in [5, 5.41) is 0.663. The zero-order chi connectivity index (χ0) is 26.1. The Morgan fingerprint density at radius 2 is 1.89 bits per heavy atom. The van der Waals surface area contributed by atoms with Crippen molar-refractivity contribution in [1.29, 1.82) is 0 Å². The molecule has 1 aliphatic rings. The number of hydrogen-bond donors (Lipinski definition) is 0. The summed E-state index contributed by atoms with van der Waals surface area (Å²) in [7, 11) is -3.82. The van der Waals surface area contributed by atoms with Gasteiger partial charge in [-0.05, 0) is 65.2 Å². The highest BCUT2D eigenvalue weighted by Crippen LogP contribution is 2.30. The van der Waals surface area contributed by atoms with Crippen molar-refractivity contribution >= 4 is 33.0 Å². The van der Waals surface area contributed by atoms with Crippen LogP contribution in [0.5, 0.6) is 0 Å². The van der Waals surface area contributed by atoms with Gasteiger partial charge in [-0.25, -0.2) is 27.2 Å². The molecule has 1 aromatic carbocycles. The minimum absolute atomic E-state index is 0.0291. The number of rotatable bonds is 6. The van der Waals surface area contributed by atoms with E-state index in [0.29, 0.717) is 29.9 Å². The molecule has 3 heterocycles. The first-order chi connectivity index (χ1) is 17.0. The van der Waals surface area contributed by atoms with Crippen LogP contribution in [-0.2, 0) is 14.8 Å². The summed E-state index contributed by atoms with van der Waals surface area (Å²) in [5.41, 5.74) is 0.762. The first-order valence-corrected chi connectivity index (χ1v) is 13.8. The molecular formula is C26H35N5O4S. The molecule has 4 rings (SSSR count). The Morgan fingerprint density at radius 1 is 1.17 bits per heavy atom. The van der Waals surface area contributed by atoms with Crippen LogP contribution >= 0.6 is 0 Å². The fourth-order valence-corrected chi connectivity index (χ4v) is 5.87. The van der Waals surface area contributed by atoms with E-state index in [1.54, 1.807) is 35.2 Å². The Morgan fingerprint density at radius 3 is 2.56 bits per heavy atom. The highest BCUT2D eigenvalue weighted by Gasteiger charge is 2.32. The van der Waals surface area contributed by atoms with E-state index >= 15 is 0 Å². The molecule has 0 spiro atoms. The normalized spacial score (nSPS) is 16.8. The summed E-state index contributed by atoms with van der Waals surface area (Å²) in [6, 6.07) is 8.56. The number of carbonyl (C=O) groups excluding carboxylic acids is 1. The zero-order valence-corrected chi connectivity index (χ0v) is 22.5. The molecule has 0 bridgehead atoms. The molecule has 10 heteroatoms. The van der Waals surface area contributed by atoms with Crippen LogP contribution in [0.1, 0.15) is 52.5 Å². The monoisotopic (exact) mass is 513 g/mol. The van der Waals surface area contributed by atoms with Crippen LogP contribution in [0, 0.1) is 6.92 Å². The first-order valence-electron chi connectivity index (χ1n) is 12.4. The van der Waals surface area contributed by atoms with Crippen LogP contribution < -0.4 is 4.90 Å². The number of fused-ring (bicyclic) bond motifs is 1. The Labute approximate surface area is 213 Å². The molecule has 0 unspecified atom stereocenters. The molecule has 1 aliphatic heterocycles. The molecule has 0 aliphatic carbocycles. The summed E-state index contributed by atoms with van der Waals surface area (Å²) >= 11 is 0. The second kappa shape index (κ2) is 10.1. The van der Waals surface area contributed by atoms with E-state index in [1.807, 2.05) is 27.7 Å². The van der Waals surface area contributed by atoms with Gasteiger partial charge in [-0.3, -0.25) is 0 Å². The lowest BCUT2D eigenvalue weighted by atomic mass is 10.0. The van der Waals surface area contributed by atoms with Crippen LogP contribution in [0.25, 0.3) is 11.0 Å². The molecular weight excluding hydrogens is 478 g/mol. The van der Waals surface area contributed by atoms with E-state index in [0.717, 1.165) is 31.4 Å². The third kappa shape index (κ3) is 5.33. The van der Waals surface area contributed by atoms with Gasteiger partial charge in [0.05, 0.1) is 10.3 Å². The average Bonchev–Trinajstić information content (AvgIpc) is 3.27. The lowest BCUT2D eigenvalue weighted by Gasteiger charge is -2.40. The van der Waals surface area contributed by atoms with E-state index in [4.69, 9.17) is 4.74 Å². The molecule has 3 aromatic rings. The maximum Gasteiger partial charge on any atom is 0.410 e. The van der Waals surface area contributed by atoms with E-state index in [1.165, 1.54) is 16.5 Å². The minimum Gasteiger partial charge on any atom is -0.444 e. The predicted octanol–water partition coefficient (Wildman–Crippen LogP) is 4.59. The number of aromatic nitrogens is 3. The lowest BCUT2D eigenvalue weighted by Crippen LogP contribution is -2.51. The van der Waals surface area contributed by atoms with Gasteiger partial charge in [0, 0.05) is 31.9 Å². The van der Waals surface area contributed by atoms with Gasteiger partial charge in [0.2, 0.25) is 0 Å². The second-order valence-electron chi connectivity index (χ2n) is 10.3. The number of amides is 1. The molecule has 2 aromatic heterocycles. The number of ether oxygens (including phenoxy) is 1. The van der Waals surface area contributed by atoms with Gasteiger partial charge in [-0.1, -0.05) is 24.6 Å². The molecule has 0 saturated carbocycles. The van der Waals surface area contributed by atoms with Gasteiger partial charge in [-0.2, -0.15) is 0 Å². The van der Waals surface area contributed by atoms with E-state index in [2.05, 4.69) is 21.8 Å². The van der Waals surface area contributed by atoms with Crippen molar-refractivity contribution in [2.75, 3.05) is 24.5 Å². The summed E-state index contributed by atoms with van der Waals surface area (Å²) in [4.78, 5) is 25.8. The van der Waals surface area contributed by atoms with Crippen LogP contribution in [0.15, 0.2) is 47.8 Å². The van der Waals surface area contributed by atoms with Crippen molar-refractivity contribution in [3.8, 4) is 0 Å². The fourth-order valence-electron chi connectivity index (χ4n) is 4.57. The molecule has 1 atom stereocenters. The number of benzene rings is 1. The van der Waals surface area contributed by atoms with Crippen molar-refractivity contribution in [3.05, 3.63) is 48.4 Å². The van der Waals surface area contributed by atoms with Gasteiger partial charge in [-0.15, -0.1) is 0 Å². The van der Waals surface area contributed by atoms with Gasteiger partial charge in [0.15, 0.2) is 5.65 Å². The van der Waals surface area contributed by atoms with Crippen LogP contribution in [0.4, 0.5) is 10.6 Å². The number of nitrogens with zero attached hydrogens (tertiary/aromatic N) is 5. The molecule has 36 heavy (non-hydrogen) atoms. The van der Waals surface area contributed by atoms with Gasteiger partial charge in [0.1, 0.15) is 17.7 Å². The van der Waals surface area contributed by atoms with E-state index < -0.39 is 15.6 Å². The van der Waals surface area contributed by atoms with Crippen LogP contribution in [-0.4, -0.2) is 64.6 Å². The second-order valence-corrected chi connectivity index (χ2v) is 12.1. The summed E-state index contributed by atoms with van der Waals surface area (Å²) < 4.78 is 33.6. The van der Waals surface area contributed by atoms with Gasteiger partial charge >= 0.3 is 6.09 Å². The Balaban J connectivity index is 1.68. The first kappa shape index (κ1) is 25.9. The van der Waals surface area contributed by atoms with E-state index in [9.17, 15) is 13.2 Å². The SMILES string of the molecule is CCCN(c1ncnc2c1ccn2S(=O)(=O)c1ccc(C)cc1)[C@H]1CCCN(C(=O)OC(C)(C)C)C1. The number of anilines is 1. The number of aryl methyl sites for hydroxylation is 1. The summed E-state index contributed by atoms with van der Waals surface area (Å²) in [6.45, 7) is 11.5. The Hall–Kier alpha value is -3.14. The Kier molecular flexibility index (Phi) is 7.26. The summed E-state index contributed by atoms with van der Waals surface area (Å²) in [6.07, 6.45) is 5.25. The molecule has 0 radical (unpaired) electrons. The Bertz CT molecular complexity index is 1330. The topological polar surface area (TPSA) is 97.6 Å². The molecule has 194 valence electrons. The largest absolute Gasteiger partial charge is 0.444 e. The molecule has 9 nitrogen and oxygen atoms in total. The quantitative estimate of drug-likeness (QED) is 0.475. The number of likely N-dealkylation sites (tertiary alicyclic amines) is 1. The van der Waals surface area contributed by atoms with Crippen LogP contribution in [0.2, 0.25) is 0 Å². The number of carbonyl (C=O) groups is 1. The van der Waals surface area contributed by atoms with Crippen molar-refractivity contribution in [3.63, 3.8) is 0 Å². The van der Waals surface area contributed by atoms with E-state index in [-0.39, 0.29) is 17.0 Å². The minimum atomic E-state index is -3.82. The van der Waals surface area contributed by atoms with Crippen molar-refractivity contribution in [2.45, 2.75) is 70.4 Å². The highest BCUT2D eigenvalue weighted by atomic mass is 32.2. The standard InChI is InChI=1S/C26H35N5O4S/c1-6-14-30(20-8-7-15-29(17-20)25(32)35-26(3,4)5)23-22-13-16-31(24(22)28-18-27-23)36(33,34)21-11-9-19(2)10-12-21/h9-13,16,18,20H,6-8,14-15,17H2,1-5H3/t20-/m0/s1.